The summed E-state index contributed by atoms with van der Waals surface area (Å²) in [5, 5.41) is 6.09. The Balaban J connectivity index is 1.36. The molecule has 0 bridgehead atoms. The topological polar surface area (TPSA) is 85.8 Å². The van der Waals surface area contributed by atoms with Crippen LogP contribution in [0.2, 0.25) is 0 Å². The molecule has 0 aliphatic carbocycles. The van der Waals surface area contributed by atoms with E-state index in [1.54, 1.807) is 11.9 Å². The minimum atomic E-state index is -0.576. The second-order valence-corrected chi connectivity index (χ2v) is 8.71. The molecule has 1 aromatic rings. The van der Waals surface area contributed by atoms with Crippen molar-refractivity contribution in [3.63, 3.8) is 0 Å². The van der Waals surface area contributed by atoms with Gasteiger partial charge < -0.3 is 14.5 Å². The molecule has 9 nitrogen and oxygen atoms in total. The Hall–Kier alpha value is -2.94. The number of esters is 1. The second kappa shape index (κ2) is 10.8. The van der Waals surface area contributed by atoms with Gasteiger partial charge in [0.15, 0.2) is 0 Å². The maximum absolute atomic E-state index is 13.5. The van der Waals surface area contributed by atoms with Crippen molar-refractivity contribution in [2.45, 2.75) is 38.6 Å². The summed E-state index contributed by atoms with van der Waals surface area (Å²) >= 11 is 0. The number of piperazine rings is 1. The molecule has 0 radical (unpaired) electrons. The van der Waals surface area contributed by atoms with Gasteiger partial charge in [-0.1, -0.05) is 18.2 Å². The summed E-state index contributed by atoms with van der Waals surface area (Å²) in [5.41, 5.74) is 1.03. The summed E-state index contributed by atoms with van der Waals surface area (Å²) in [5.74, 6) is -0.341. The molecule has 0 spiro atoms. The molecule has 3 aliphatic rings. The van der Waals surface area contributed by atoms with Crippen LogP contribution in [0.4, 0.5) is 5.69 Å². The number of hydrogen-bond acceptors (Lipinski definition) is 7. The van der Waals surface area contributed by atoms with Gasteiger partial charge in [0.1, 0.15) is 11.8 Å². The van der Waals surface area contributed by atoms with Gasteiger partial charge in [0.05, 0.1) is 18.8 Å². The van der Waals surface area contributed by atoms with Crippen LogP contribution in [-0.4, -0.2) is 96.7 Å². The van der Waals surface area contributed by atoms with Gasteiger partial charge in [-0.25, -0.2) is 4.79 Å². The van der Waals surface area contributed by atoms with Crippen LogP contribution in [0, 0.1) is 0 Å². The summed E-state index contributed by atoms with van der Waals surface area (Å²) < 4.78 is 5.12. The van der Waals surface area contributed by atoms with Crippen LogP contribution in [0.15, 0.2) is 35.4 Å². The number of rotatable bonds is 6. The Labute approximate surface area is 194 Å². The van der Waals surface area contributed by atoms with E-state index in [0.29, 0.717) is 32.7 Å². The zero-order valence-electron chi connectivity index (χ0n) is 19.3. The van der Waals surface area contributed by atoms with E-state index in [1.165, 1.54) is 6.42 Å². The monoisotopic (exact) mass is 455 g/mol. The average molecular weight is 456 g/mol. The zero-order chi connectivity index (χ0) is 23.2. The van der Waals surface area contributed by atoms with Crippen molar-refractivity contribution in [2.24, 2.45) is 5.10 Å². The number of amides is 2. The molecule has 0 N–H and O–H groups in total. The highest BCUT2D eigenvalue weighted by Gasteiger charge is 2.39. The normalized spacial score (nSPS) is 21.7. The number of piperidine rings is 1. The fourth-order valence-corrected chi connectivity index (χ4v) is 4.63. The third-order valence-corrected chi connectivity index (χ3v) is 6.48. The number of carbonyl (C=O) groups excluding carboxylic acids is 3. The van der Waals surface area contributed by atoms with Crippen LogP contribution >= 0.6 is 0 Å². The molecule has 4 rings (SSSR count). The van der Waals surface area contributed by atoms with E-state index in [-0.39, 0.29) is 30.6 Å². The molecule has 3 aliphatic heterocycles. The number of anilines is 1. The van der Waals surface area contributed by atoms with Crippen LogP contribution in [0.5, 0.6) is 0 Å². The molecule has 3 heterocycles. The van der Waals surface area contributed by atoms with Crippen LogP contribution in [0.1, 0.15) is 32.6 Å². The lowest BCUT2D eigenvalue weighted by molar-refractivity contribution is -0.136. The molecule has 0 aromatic heterocycles. The van der Waals surface area contributed by atoms with Crippen LogP contribution < -0.4 is 5.01 Å². The lowest BCUT2D eigenvalue weighted by Crippen LogP contribution is -2.55. The Bertz CT molecular complexity index is 876. The van der Waals surface area contributed by atoms with Gasteiger partial charge in [0, 0.05) is 45.7 Å². The Morgan fingerprint density at radius 1 is 0.939 bits per heavy atom. The molecular weight excluding hydrogens is 422 g/mol. The van der Waals surface area contributed by atoms with Crippen LogP contribution in [0.25, 0.3) is 0 Å². The van der Waals surface area contributed by atoms with E-state index in [0.717, 1.165) is 31.6 Å². The Morgan fingerprint density at radius 3 is 2.30 bits per heavy atom. The quantitative estimate of drug-likeness (QED) is 0.602. The fraction of sp³-hybridized carbons (Fsp3) is 0.583. The van der Waals surface area contributed by atoms with Gasteiger partial charge in [-0.2, -0.15) is 5.10 Å². The molecule has 1 unspecified atom stereocenters. The largest absolute Gasteiger partial charge is 0.461 e. The van der Waals surface area contributed by atoms with E-state index in [2.05, 4.69) is 10.0 Å². The van der Waals surface area contributed by atoms with E-state index in [1.807, 2.05) is 40.1 Å². The molecule has 1 aromatic carbocycles. The van der Waals surface area contributed by atoms with Crippen molar-refractivity contribution in [2.75, 3.05) is 57.4 Å². The summed E-state index contributed by atoms with van der Waals surface area (Å²) in [6.07, 6.45) is 3.60. The molecule has 178 valence electrons. The molecule has 2 amide bonds. The third-order valence-electron chi connectivity index (χ3n) is 6.48. The highest BCUT2D eigenvalue weighted by Crippen LogP contribution is 2.26. The smallest absolute Gasteiger partial charge is 0.354 e. The van der Waals surface area contributed by atoms with Crippen molar-refractivity contribution < 1.29 is 19.1 Å². The number of nitrogens with zero attached hydrogens (tertiary/aromatic N) is 5. The van der Waals surface area contributed by atoms with Crippen molar-refractivity contribution in [1.82, 2.24) is 14.7 Å². The van der Waals surface area contributed by atoms with Crippen molar-refractivity contribution in [3.8, 4) is 0 Å². The van der Waals surface area contributed by atoms with E-state index < -0.39 is 12.0 Å². The maximum atomic E-state index is 13.5. The number of benzene rings is 1. The lowest BCUT2D eigenvalue weighted by atomic mass is 10.1. The van der Waals surface area contributed by atoms with Gasteiger partial charge in [-0.05, 0) is 38.3 Å². The number of likely N-dealkylation sites (tertiary alicyclic amines) is 1. The molecule has 9 heteroatoms. The van der Waals surface area contributed by atoms with E-state index >= 15 is 0 Å². The van der Waals surface area contributed by atoms with Gasteiger partial charge in [-0.15, -0.1) is 0 Å². The van der Waals surface area contributed by atoms with Crippen LogP contribution in [-0.2, 0) is 19.1 Å². The SMILES string of the molecule is CCOC(=O)C1=NN(c2ccccc2)C(C(=O)N2CCN(CC(=O)N3CCCCC3)CC2)C1. The average Bonchev–Trinajstić information content (AvgIpc) is 3.31. The highest BCUT2D eigenvalue weighted by molar-refractivity contribution is 6.38. The number of ether oxygens (including phenoxy) is 1. The van der Waals surface area contributed by atoms with E-state index in [9.17, 15) is 14.4 Å². The Morgan fingerprint density at radius 2 is 1.64 bits per heavy atom. The first-order valence-electron chi connectivity index (χ1n) is 11.9. The molecular formula is C24H33N5O4. The summed E-state index contributed by atoms with van der Waals surface area (Å²) in [6.45, 7) is 6.58. The third kappa shape index (κ3) is 5.52. The number of hydrogen-bond donors (Lipinski definition) is 0. The lowest BCUT2D eigenvalue weighted by Gasteiger charge is -2.37. The zero-order valence-corrected chi connectivity index (χ0v) is 19.3. The number of hydrazone groups is 1. The van der Waals surface area contributed by atoms with Crippen molar-refractivity contribution in [3.05, 3.63) is 30.3 Å². The van der Waals surface area contributed by atoms with Gasteiger partial charge >= 0.3 is 5.97 Å². The predicted molar refractivity (Wildman–Crippen MR) is 125 cm³/mol. The van der Waals surface area contributed by atoms with Gasteiger partial charge in [0.25, 0.3) is 0 Å². The minimum Gasteiger partial charge on any atom is -0.461 e. The molecule has 1 atom stereocenters. The summed E-state index contributed by atoms with van der Waals surface area (Å²) in [6, 6.07) is 8.84. The van der Waals surface area contributed by atoms with Gasteiger partial charge in [0.2, 0.25) is 11.8 Å². The first-order valence-corrected chi connectivity index (χ1v) is 11.9. The summed E-state index contributed by atoms with van der Waals surface area (Å²) in [7, 11) is 0. The molecule has 0 saturated carbocycles. The van der Waals surface area contributed by atoms with Crippen molar-refractivity contribution >= 4 is 29.2 Å². The first-order chi connectivity index (χ1) is 16.1. The second-order valence-electron chi connectivity index (χ2n) is 8.71. The molecule has 2 saturated heterocycles. The fourth-order valence-electron chi connectivity index (χ4n) is 4.63. The van der Waals surface area contributed by atoms with E-state index in [4.69, 9.17) is 4.74 Å². The summed E-state index contributed by atoms with van der Waals surface area (Å²) in [4.78, 5) is 44.2. The highest BCUT2D eigenvalue weighted by atomic mass is 16.5. The minimum absolute atomic E-state index is 0.0519. The van der Waals surface area contributed by atoms with Gasteiger partial charge in [-0.3, -0.25) is 19.5 Å². The standard InChI is InChI=1S/C24H33N5O4/c1-2-33-24(32)20-17-21(29(25-20)19-9-5-3-6-10-19)23(31)28-15-13-26(14-16-28)18-22(30)27-11-7-4-8-12-27/h3,5-6,9-10,21H,2,4,7-8,11-18H2,1H3. The number of carbonyl (C=O) groups is 3. The van der Waals surface area contributed by atoms with Crippen LogP contribution in [0.3, 0.4) is 0 Å². The Kier molecular flexibility index (Phi) is 7.59. The maximum Gasteiger partial charge on any atom is 0.354 e. The van der Waals surface area contributed by atoms with Crippen molar-refractivity contribution in [1.29, 1.82) is 0 Å². The molecule has 33 heavy (non-hydrogen) atoms. The first kappa shape index (κ1) is 23.2. The number of para-hydroxylation sites is 1. The molecule has 2 fully saturated rings. The predicted octanol–water partition coefficient (Wildman–Crippen LogP) is 1.34.